The maximum atomic E-state index is 12.2. The van der Waals surface area contributed by atoms with Gasteiger partial charge in [-0.15, -0.1) is 11.3 Å². The van der Waals surface area contributed by atoms with Crippen LogP contribution in [-0.4, -0.2) is 37.7 Å². The fourth-order valence-electron chi connectivity index (χ4n) is 3.71. The number of fused-ring (bicyclic) bond motifs is 1. The zero-order chi connectivity index (χ0) is 27.3. The molecule has 0 fully saturated rings. The second kappa shape index (κ2) is 11.5. The molecule has 2 heterocycles. The number of carbonyl (C=O) groups excluding carboxylic acids is 1. The van der Waals surface area contributed by atoms with Crippen LogP contribution in [0.25, 0.3) is 21.5 Å². The topological polar surface area (TPSA) is 120 Å². The number of rotatable bonds is 10. The van der Waals surface area contributed by atoms with E-state index in [2.05, 4.69) is 14.1 Å². The van der Waals surface area contributed by atoms with E-state index in [4.69, 9.17) is 13.9 Å². The first-order chi connectivity index (χ1) is 18.0. The van der Waals surface area contributed by atoms with Crippen molar-refractivity contribution < 1.29 is 27.1 Å². The molecule has 4 rings (SSSR count). The number of aromatic nitrogens is 1. The summed E-state index contributed by atoms with van der Waals surface area (Å²) in [7, 11) is -3.85. The van der Waals surface area contributed by atoms with Gasteiger partial charge in [-0.2, -0.15) is 17.5 Å². The largest absolute Gasteiger partial charge is 0.489 e. The number of thiazole rings is 1. The highest BCUT2D eigenvalue weighted by molar-refractivity contribution is 7.88. The van der Waals surface area contributed by atoms with Gasteiger partial charge in [-0.25, -0.2) is 4.98 Å². The van der Waals surface area contributed by atoms with E-state index in [0.29, 0.717) is 28.6 Å². The van der Waals surface area contributed by atoms with Gasteiger partial charge in [0.25, 0.3) is 0 Å². The summed E-state index contributed by atoms with van der Waals surface area (Å²) in [5.41, 5.74) is 2.81. The maximum absolute atomic E-state index is 12.2. The molecular weight excluding hydrogens is 526 g/mol. The maximum Gasteiger partial charge on any atom is 0.320 e. The average Bonchev–Trinajstić information content (AvgIpc) is 3.50. The van der Waals surface area contributed by atoms with E-state index in [9.17, 15) is 13.2 Å². The first kappa shape index (κ1) is 27.5. The molecule has 0 atom stereocenters. The van der Waals surface area contributed by atoms with Gasteiger partial charge in [-0.05, 0) is 57.5 Å². The third kappa shape index (κ3) is 7.27. The number of esters is 1. The molecule has 0 saturated carbocycles. The van der Waals surface area contributed by atoms with Crippen LogP contribution in [0.2, 0.25) is 0 Å². The van der Waals surface area contributed by atoms with Crippen molar-refractivity contribution in [2.75, 3.05) is 6.61 Å². The predicted octanol–water partition coefficient (Wildman–Crippen LogP) is 5.29. The molecule has 0 unspecified atom stereocenters. The number of carbonyl (C=O) groups is 1. The van der Waals surface area contributed by atoms with Crippen molar-refractivity contribution in [3.8, 4) is 16.3 Å². The van der Waals surface area contributed by atoms with Crippen molar-refractivity contribution in [3.05, 3.63) is 70.9 Å². The summed E-state index contributed by atoms with van der Waals surface area (Å²) < 4.78 is 47.4. The molecule has 0 aliphatic rings. The van der Waals surface area contributed by atoms with Gasteiger partial charge in [0.05, 0.1) is 36.8 Å². The van der Waals surface area contributed by atoms with Crippen molar-refractivity contribution in [1.82, 2.24) is 9.71 Å². The minimum absolute atomic E-state index is 0.125. The fourth-order valence-corrected chi connectivity index (χ4v) is 5.57. The Morgan fingerprint density at radius 3 is 2.76 bits per heavy atom. The summed E-state index contributed by atoms with van der Waals surface area (Å²) in [6.45, 7) is 7.57. The van der Waals surface area contributed by atoms with Crippen LogP contribution in [0.15, 0.2) is 62.9 Å². The van der Waals surface area contributed by atoms with Crippen LogP contribution in [0.5, 0.6) is 5.75 Å². The number of nitrogens with zero attached hydrogens (tertiary/aromatic N) is 2. The Kier molecular flexibility index (Phi) is 8.29. The van der Waals surface area contributed by atoms with Gasteiger partial charge in [-0.1, -0.05) is 18.2 Å². The summed E-state index contributed by atoms with van der Waals surface area (Å²) in [6, 6.07) is 13.1. The van der Waals surface area contributed by atoms with Crippen molar-refractivity contribution >= 4 is 44.7 Å². The summed E-state index contributed by atoms with van der Waals surface area (Å²) in [4.78, 5) is 16.5. The monoisotopic (exact) mass is 555 g/mol. The Morgan fingerprint density at radius 2 is 2.00 bits per heavy atom. The van der Waals surface area contributed by atoms with Crippen LogP contribution >= 0.6 is 11.3 Å². The standard InChI is InChI=1S/C27H29N3O6S2/c1-5-34-24(31)14-19-8-6-7-9-23(19)36-16-18-12-20-10-11-35-25(20)22(13-18)26-29-21(17-37-26)15-28-38(32,33)30-27(2,3)4/h6-13,15,17,30H,5,14,16H2,1-4H3/b28-15+. The first-order valence-electron chi connectivity index (χ1n) is 11.9. The highest BCUT2D eigenvalue weighted by atomic mass is 32.2. The van der Waals surface area contributed by atoms with Gasteiger partial charge in [0, 0.05) is 21.9 Å². The Balaban J connectivity index is 1.56. The van der Waals surface area contributed by atoms with Gasteiger partial charge in [-0.3, -0.25) is 4.79 Å². The highest BCUT2D eigenvalue weighted by Gasteiger charge is 2.19. The van der Waals surface area contributed by atoms with Gasteiger partial charge in [0.2, 0.25) is 0 Å². The lowest BCUT2D eigenvalue weighted by molar-refractivity contribution is -0.142. The fraction of sp³-hybridized carbons (Fsp3) is 0.296. The second-order valence-corrected chi connectivity index (χ2v) is 11.7. The van der Waals surface area contributed by atoms with Gasteiger partial charge < -0.3 is 13.9 Å². The van der Waals surface area contributed by atoms with Crippen molar-refractivity contribution in [3.63, 3.8) is 0 Å². The molecule has 0 bridgehead atoms. The Bertz CT molecular complexity index is 1560. The molecule has 200 valence electrons. The van der Waals surface area contributed by atoms with E-state index in [-0.39, 0.29) is 19.0 Å². The SMILES string of the molecule is CCOC(=O)Cc1ccccc1OCc1cc(-c2nc(/C=N/S(=O)(=O)NC(C)(C)C)cs2)c2occc2c1. The van der Waals surface area contributed by atoms with E-state index in [1.807, 2.05) is 42.5 Å². The zero-order valence-electron chi connectivity index (χ0n) is 21.6. The molecule has 9 nitrogen and oxygen atoms in total. The molecule has 11 heteroatoms. The number of hydrogen-bond donors (Lipinski definition) is 1. The van der Waals surface area contributed by atoms with E-state index in [1.165, 1.54) is 17.6 Å². The highest BCUT2D eigenvalue weighted by Crippen LogP contribution is 2.33. The molecule has 2 aromatic carbocycles. The van der Waals surface area contributed by atoms with Crippen molar-refractivity contribution in [1.29, 1.82) is 0 Å². The number of ether oxygens (including phenoxy) is 2. The Labute approximate surface area is 225 Å². The van der Waals surface area contributed by atoms with Crippen LogP contribution < -0.4 is 9.46 Å². The van der Waals surface area contributed by atoms with Gasteiger partial charge in [0.15, 0.2) is 0 Å². The quantitative estimate of drug-likeness (QED) is 0.208. The van der Waals surface area contributed by atoms with E-state index >= 15 is 0 Å². The third-order valence-corrected chi connectivity index (χ3v) is 7.28. The zero-order valence-corrected chi connectivity index (χ0v) is 23.2. The summed E-state index contributed by atoms with van der Waals surface area (Å²) in [5, 5.41) is 3.26. The summed E-state index contributed by atoms with van der Waals surface area (Å²) in [5.74, 6) is 0.294. The van der Waals surface area contributed by atoms with Crippen LogP contribution in [0.4, 0.5) is 0 Å². The Hall–Kier alpha value is -3.54. The number of para-hydroxylation sites is 1. The number of hydrogen-bond acceptors (Lipinski definition) is 8. The molecule has 1 N–H and O–H groups in total. The number of benzene rings is 2. The lowest BCUT2D eigenvalue weighted by atomic mass is 10.1. The van der Waals surface area contributed by atoms with Crippen LogP contribution in [0.3, 0.4) is 0 Å². The second-order valence-electron chi connectivity index (χ2n) is 9.50. The molecule has 0 radical (unpaired) electrons. The van der Waals surface area contributed by atoms with E-state index in [0.717, 1.165) is 22.1 Å². The minimum Gasteiger partial charge on any atom is -0.489 e. The van der Waals surface area contributed by atoms with E-state index < -0.39 is 15.7 Å². The lowest BCUT2D eigenvalue weighted by Gasteiger charge is -2.17. The molecule has 0 aliphatic carbocycles. The summed E-state index contributed by atoms with van der Waals surface area (Å²) >= 11 is 1.35. The number of nitrogens with one attached hydrogen (secondary N) is 1. The molecule has 4 aromatic rings. The van der Waals surface area contributed by atoms with Crippen molar-refractivity contribution in [2.45, 2.75) is 46.3 Å². The average molecular weight is 556 g/mol. The predicted molar refractivity (Wildman–Crippen MR) is 148 cm³/mol. The minimum atomic E-state index is -3.85. The normalized spacial score (nSPS) is 12.3. The molecule has 0 amide bonds. The van der Waals surface area contributed by atoms with Gasteiger partial charge >= 0.3 is 16.2 Å². The van der Waals surface area contributed by atoms with Crippen LogP contribution in [0, 0.1) is 0 Å². The van der Waals surface area contributed by atoms with Crippen molar-refractivity contribution in [2.24, 2.45) is 4.40 Å². The molecule has 2 aromatic heterocycles. The Morgan fingerprint density at radius 1 is 1.21 bits per heavy atom. The van der Waals surface area contributed by atoms with Crippen LogP contribution in [0.1, 0.15) is 44.5 Å². The van der Waals surface area contributed by atoms with E-state index in [1.54, 1.807) is 39.3 Å². The summed E-state index contributed by atoms with van der Waals surface area (Å²) in [6.07, 6.45) is 2.95. The smallest absolute Gasteiger partial charge is 0.320 e. The third-order valence-electron chi connectivity index (χ3n) is 5.13. The molecular formula is C27H29N3O6S2. The molecule has 0 saturated heterocycles. The molecule has 38 heavy (non-hydrogen) atoms. The first-order valence-corrected chi connectivity index (χ1v) is 14.3. The lowest BCUT2D eigenvalue weighted by Crippen LogP contribution is -2.39. The number of furan rings is 1. The molecule has 0 aliphatic heterocycles. The van der Waals surface area contributed by atoms with Crippen LogP contribution in [-0.2, 0) is 32.8 Å². The van der Waals surface area contributed by atoms with Gasteiger partial charge in [0.1, 0.15) is 22.9 Å². The molecule has 0 spiro atoms.